The number of fused-ring (bicyclic) bond motifs is 3. The Bertz CT molecular complexity index is 1180. The van der Waals surface area contributed by atoms with Crippen molar-refractivity contribution in [3.05, 3.63) is 76.5 Å². The molecule has 0 spiro atoms. The third-order valence-corrected chi connectivity index (χ3v) is 6.58. The Morgan fingerprint density at radius 1 is 1.10 bits per heavy atom. The Balaban J connectivity index is 1.36. The normalized spacial score (nSPS) is 22.3. The minimum Gasteiger partial charge on any atom is -0.443 e. The second kappa shape index (κ2) is 7.35. The molecule has 0 aliphatic carbocycles. The highest BCUT2D eigenvalue weighted by atomic mass is 35.5. The largest absolute Gasteiger partial charge is 0.443 e. The van der Waals surface area contributed by atoms with Crippen molar-refractivity contribution in [1.29, 1.82) is 0 Å². The molecule has 2 aromatic heterocycles. The fourth-order valence-electron chi connectivity index (χ4n) is 4.83. The van der Waals surface area contributed by atoms with E-state index in [1.807, 2.05) is 13.0 Å². The lowest BCUT2D eigenvalue weighted by Gasteiger charge is -2.33. The van der Waals surface area contributed by atoms with Crippen LogP contribution in [0.15, 0.2) is 47.2 Å². The predicted molar refractivity (Wildman–Crippen MR) is 118 cm³/mol. The number of oxazole rings is 1. The summed E-state index contributed by atoms with van der Waals surface area (Å²) in [4.78, 5) is 9.22. The van der Waals surface area contributed by atoms with Crippen LogP contribution in [0.3, 0.4) is 0 Å². The number of hydrogen-bond donors (Lipinski definition) is 0. The number of aryl methyl sites for hydroxylation is 1. The maximum atomic E-state index is 6.51. The van der Waals surface area contributed by atoms with Gasteiger partial charge in [-0.05, 0) is 61.8 Å². The highest BCUT2D eigenvalue weighted by molar-refractivity contribution is 6.30. The fourth-order valence-corrected chi connectivity index (χ4v) is 5.11. The molecule has 1 saturated heterocycles. The Labute approximate surface area is 185 Å². The third-order valence-electron chi connectivity index (χ3n) is 6.36. The van der Waals surface area contributed by atoms with E-state index in [2.05, 4.69) is 59.9 Å². The lowest BCUT2D eigenvalue weighted by Crippen LogP contribution is -2.36. The van der Waals surface area contributed by atoms with Gasteiger partial charge in [0, 0.05) is 18.1 Å². The standard InChI is InChI=1S/C23H23ClN6O/c1-15-26-27-22-4-3-19-20(30(15)22)12-21(23-25-5-8-31-23)29(19)14-17-9-16(10-18(24)11-17)13-28-6-2-7-28/h3-5,8-12,19-20H,2,6-7,13-14H2,1H3. The molecular weight excluding hydrogens is 412 g/mol. The number of halogens is 1. The van der Waals surface area contributed by atoms with Crippen molar-refractivity contribution >= 4 is 23.4 Å². The molecule has 0 amide bonds. The van der Waals surface area contributed by atoms with Crippen LogP contribution in [0.1, 0.15) is 41.1 Å². The van der Waals surface area contributed by atoms with E-state index in [0.29, 0.717) is 12.4 Å². The van der Waals surface area contributed by atoms with E-state index in [1.165, 1.54) is 30.6 Å². The van der Waals surface area contributed by atoms with E-state index in [9.17, 15) is 0 Å². The predicted octanol–water partition coefficient (Wildman–Crippen LogP) is 3.93. The molecule has 0 radical (unpaired) electrons. The van der Waals surface area contributed by atoms with E-state index in [1.54, 1.807) is 12.5 Å². The maximum Gasteiger partial charge on any atom is 0.242 e. The molecule has 31 heavy (non-hydrogen) atoms. The smallest absolute Gasteiger partial charge is 0.242 e. The number of aromatic nitrogens is 4. The van der Waals surface area contributed by atoms with Crippen LogP contribution in [0.25, 0.3) is 11.8 Å². The highest BCUT2D eigenvalue weighted by Gasteiger charge is 2.39. The number of likely N-dealkylation sites (tertiary alicyclic amines) is 1. The fraction of sp³-hybridized carbons (Fsp3) is 0.348. The van der Waals surface area contributed by atoms with Crippen LogP contribution in [0.2, 0.25) is 5.02 Å². The molecular formula is C23H23ClN6O. The van der Waals surface area contributed by atoms with Gasteiger partial charge in [0.2, 0.25) is 5.89 Å². The molecule has 3 aliphatic heterocycles. The number of rotatable bonds is 5. The van der Waals surface area contributed by atoms with E-state index in [-0.39, 0.29) is 12.1 Å². The molecule has 1 fully saturated rings. The first-order chi connectivity index (χ1) is 15.2. The van der Waals surface area contributed by atoms with Gasteiger partial charge in [0.25, 0.3) is 0 Å². The Morgan fingerprint density at radius 2 is 1.94 bits per heavy atom. The zero-order valence-electron chi connectivity index (χ0n) is 17.3. The molecule has 2 unspecified atom stereocenters. The first kappa shape index (κ1) is 18.8. The van der Waals surface area contributed by atoms with Gasteiger partial charge in [-0.3, -0.25) is 4.90 Å². The second-order valence-electron chi connectivity index (χ2n) is 8.43. The minimum atomic E-state index is 0.0941. The molecule has 1 aromatic carbocycles. The van der Waals surface area contributed by atoms with Gasteiger partial charge in [0.1, 0.15) is 12.1 Å². The van der Waals surface area contributed by atoms with Gasteiger partial charge in [0.05, 0.1) is 24.0 Å². The van der Waals surface area contributed by atoms with Crippen LogP contribution in [-0.4, -0.2) is 48.7 Å². The van der Waals surface area contributed by atoms with Crippen molar-refractivity contribution in [1.82, 2.24) is 29.5 Å². The zero-order valence-corrected chi connectivity index (χ0v) is 18.0. The summed E-state index contributed by atoms with van der Waals surface area (Å²) >= 11 is 6.51. The molecule has 3 aliphatic rings. The Hall–Kier alpha value is -2.90. The zero-order chi connectivity index (χ0) is 20.9. The molecule has 5 heterocycles. The summed E-state index contributed by atoms with van der Waals surface area (Å²) in [6, 6.07) is 6.63. The van der Waals surface area contributed by atoms with E-state index < -0.39 is 0 Å². The van der Waals surface area contributed by atoms with Crippen LogP contribution in [0.5, 0.6) is 0 Å². The van der Waals surface area contributed by atoms with Crippen molar-refractivity contribution in [2.45, 2.75) is 38.5 Å². The van der Waals surface area contributed by atoms with Crippen molar-refractivity contribution in [2.75, 3.05) is 13.1 Å². The molecule has 0 saturated carbocycles. The molecule has 0 bridgehead atoms. The molecule has 2 atom stereocenters. The minimum absolute atomic E-state index is 0.0941. The van der Waals surface area contributed by atoms with Crippen molar-refractivity contribution in [2.24, 2.45) is 0 Å². The summed E-state index contributed by atoms with van der Waals surface area (Å²) in [6.07, 6.45) is 11.1. The molecule has 158 valence electrons. The van der Waals surface area contributed by atoms with Crippen molar-refractivity contribution in [3.8, 4) is 0 Å². The summed E-state index contributed by atoms with van der Waals surface area (Å²) < 4.78 is 7.88. The van der Waals surface area contributed by atoms with Gasteiger partial charge in [-0.2, -0.15) is 0 Å². The summed E-state index contributed by atoms with van der Waals surface area (Å²) in [5.41, 5.74) is 3.42. The molecule has 7 nitrogen and oxygen atoms in total. The van der Waals surface area contributed by atoms with Crippen LogP contribution >= 0.6 is 11.6 Å². The van der Waals surface area contributed by atoms with Crippen LogP contribution in [0.4, 0.5) is 0 Å². The molecule has 3 aromatic rings. The van der Waals surface area contributed by atoms with Crippen molar-refractivity contribution < 1.29 is 4.42 Å². The second-order valence-corrected chi connectivity index (χ2v) is 8.87. The summed E-state index contributed by atoms with van der Waals surface area (Å²) in [5.74, 6) is 2.40. The average molecular weight is 435 g/mol. The van der Waals surface area contributed by atoms with Gasteiger partial charge in [0.15, 0.2) is 5.82 Å². The van der Waals surface area contributed by atoms with E-state index >= 15 is 0 Å². The maximum absolute atomic E-state index is 6.51. The first-order valence-corrected chi connectivity index (χ1v) is 11.0. The molecule has 6 rings (SSSR count). The lowest BCUT2D eigenvalue weighted by atomic mass is 10.0. The van der Waals surface area contributed by atoms with Gasteiger partial charge >= 0.3 is 0 Å². The van der Waals surface area contributed by atoms with Crippen LogP contribution < -0.4 is 0 Å². The van der Waals surface area contributed by atoms with Crippen LogP contribution in [-0.2, 0) is 13.1 Å². The van der Waals surface area contributed by atoms with Gasteiger partial charge in [-0.25, -0.2) is 4.98 Å². The van der Waals surface area contributed by atoms with E-state index in [0.717, 1.165) is 28.9 Å². The molecule has 8 heteroatoms. The Morgan fingerprint density at radius 3 is 2.68 bits per heavy atom. The average Bonchev–Trinajstić information content (AvgIpc) is 3.44. The Kier molecular flexibility index (Phi) is 4.47. The van der Waals surface area contributed by atoms with Gasteiger partial charge in [-0.1, -0.05) is 23.7 Å². The summed E-state index contributed by atoms with van der Waals surface area (Å²) in [6.45, 7) is 5.99. The number of benzene rings is 1. The highest BCUT2D eigenvalue weighted by Crippen LogP contribution is 2.41. The van der Waals surface area contributed by atoms with Crippen LogP contribution in [0, 0.1) is 6.92 Å². The van der Waals surface area contributed by atoms with E-state index in [4.69, 9.17) is 16.0 Å². The van der Waals surface area contributed by atoms with Crippen molar-refractivity contribution in [3.63, 3.8) is 0 Å². The quantitative estimate of drug-likeness (QED) is 0.606. The summed E-state index contributed by atoms with van der Waals surface area (Å²) in [7, 11) is 0. The SMILES string of the molecule is Cc1nnc2n1C1C=C(c3ncco3)N(Cc3cc(Cl)cc(CN4CCC4)c3)C1C=C2. The first-order valence-electron chi connectivity index (χ1n) is 10.6. The third kappa shape index (κ3) is 3.28. The van der Waals surface area contributed by atoms with Gasteiger partial charge in [-0.15, -0.1) is 10.2 Å². The molecule has 0 N–H and O–H groups in total. The summed E-state index contributed by atoms with van der Waals surface area (Å²) in [5, 5.41) is 9.35. The monoisotopic (exact) mass is 434 g/mol. The van der Waals surface area contributed by atoms with Gasteiger partial charge < -0.3 is 13.9 Å². The number of nitrogens with zero attached hydrogens (tertiary/aromatic N) is 6. The topological polar surface area (TPSA) is 63.2 Å². The number of hydrogen-bond acceptors (Lipinski definition) is 6. The lowest BCUT2D eigenvalue weighted by molar-refractivity contribution is 0.172.